The molecule has 1 N–H and O–H groups in total. The van der Waals surface area contributed by atoms with Crippen LogP contribution >= 0.6 is 23.1 Å². The molecule has 0 saturated carbocycles. The van der Waals surface area contributed by atoms with Crippen LogP contribution in [0.15, 0.2) is 69.9 Å². The summed E-state index contributed by atoms with van der Waals surface area (Å²) in [5.74, 6) is -1.31. The van der Waals surface area contributed by atoms with Gasteiger partial charge in [-0.25, -0.2) is 4.98 Å². The number of aromatic nitrogens is 2. The van der Waals surface area contributed by atoms with Crippen LogP contribution in [0.2, 0.25) is 0 Å². The number of carboxylic acid groups (broad SMARTS) is 1. The number of carbonyl (C=O) groups is 2. The summed E-state index contributed by atoms with van der Waals surface area (Å²) in [6, 6.07) is 15.9. The molecule has 33 heavy (non-hydrogen) atoms. The lowest BCUT2D eigenvalue weighted by Crippen LogP contribution is -2.27. The van der Waals surface area contributed by atoms with Crippen molar-refractivity contribution >= 4 is 45.2 Å². The fourth-order valence-electron chi connectivity index (χ4n) is 3.19. The average Bonchev–Trinajstić information content (AvgIpc) is 3.28. The summed E-state index contributed by atoms with van der Waals surface area (Å²) in [4.78, 5) is 41.1. The summed E-state index contributed by atoms with van der Waals surface area (Å²) < 4.78 is 2.06. The molecule has 2 aromatic carbocycles. The molecule has 1 amide bonds. The van der Waals surface area contributed by atoms with E-state index in [1.165, 1.54) is 39.8 Å². The van der Waals surface area contributed by atoms with E-state index in [0.717, 1.165) is 16.7 Å². The molecule has 2 heterocycles. The molecule has 0 radical (unpaired) electrons. The van der Waals surface area contributed by atoms with Crippen molar-refractivity contribution in [2.45, 2.75) is 25.2 Å². The number of thioether (sulfide) groups is 1. The number of hydrogen-bond acceptors (Lipinski definition) is 7. The molecule has 0 aliphatic heterocycles. The average molecular weight is 479 g/mol. The Morgan fingerprint density at radius 1 is 1.06 bits per heavy atom. The molecule has 4 aromatic rings. The summed E-state index contributed by atoms with van der Waals surface area (Å²) >= 11 is 2.51. The maximum absolute atomic E-state index is 13.1. The number of aryl methyl sites for hydroxylation is 1. The third-order valence-electron chi connectivity index (χ3n) is 5.00. The third kappa shape index (κ3) is 5.50. The number of aromatic carboxylic acids is 1. The first-order valence-corrected chi connectivity index (χ1v) is 12.0. The highest BCUT2D eigenvalue weighted by Crippen LogP contribution is 2.22. The van der Waals surface area contributed by atoms with Crippen LogP contribution in [0.4, 0.5) is 0 Å². The van der Waals surface area contributed by atoms with Crippen LogP contribution < -0.4 is 16.0 Å². The van der Waals surface area contributed by atoms with Crippen LogP contribution in [0.5, 0.6) is 0 Å². The fourth-order valence-corrected chi connectivity index (χ4v) is 4.80. The minimum absolute atomic E-state index is 0.0674. The Morgan fingerprint density at radius 3 is 2.45 bits per heavy atom. The van der Waals surface area contributed by atoms with E-state index >= 15 is 0 Å². The van der Waals surface area contributed by atoms with Crippen molar-refractivity contribution in [3.8, 4) is 0 Å². The molecule has 2 aromatic heterocycles. The van der Waals surface area contributed by atoms with Crippen molar-refractivity contribution in [2.75, 3.05) is 5.75 Å². The van der Waals surface area contributed by atoms with Crippen LogP contribution in [-0.4, -0.2) is 27.2 Å². The minimum Gasteiger partial charge on any atom is -0.545 e. The number of fused-ring (bicyclic) bond motifs is 1. The lowest BCUT2D eigenvalue weighted by molar-refractivity contribution is -0.255. The number of hydrogen-bond donors (Lipinski definition) is 1. The molecule has 0 saturated heterocycles. The van der Waals surface area contributed by atoms with Gasteiger partial charge in [0.25, 0.3) is 5.56 Å². The SMILES string of the molecule is Cc1ccc(CNC(=O)CSc2nc3ccsc3c(=O)n2Cc2ccc(C(=O)[O-])cc2)cc1. The predicted octanol–water partition coefficient (Wildman–Crippen LogP) is 2.59. The smallest absolute Gasteiger partial charge is 0.272 e. The highest BCUT2D eigenvalue weighted by atomic mass is 32.2. The van der Waals surface area contributed by atoms with E-state index in [-0.39, 0.29) is 29.3 Å². The zero-order valence-electron chi connectivity index (χ0n) is 17.7. The van der Waals surface area contributed by atoms with Crippen LogP contribution in [0.25, 0.3) is 10.2 Å². The van der Waals surface area contributed by atoms with Crippen molar-refractivity contribution in [3.05, 3.63) is 92.6 Å². The van der Waals surface area contributed by atoms with E-state index < -0.39 is 5.97 Å². The van der Waals surface area contributed by atoms with Crippen molar-refractivity contribution in [3.63, 3.8) is 0 Å². The van der Waals surface area contributed by atoms with E-state index in [4.69, 9.17) is 0 Å². The Morgan fingerprint density at radius 2 is 1.76 bits per heavy atom. The first-order valence-electron chi connectivity index (χ1n) is 10.1. The lowest BCUT2D eigenvalue weighted by atomic mass is 10.1. The highest BCUT2D eigenvalue weighted by Gasteiger charge is 2.15. The van der Waals surface area contributed by atoms with Gasteiger partial charge in [0.1, 0.15) is 4.70 Å². The van der Waals surface area contributed by atoms with Gasteiger partial charge in [-0.05, 0) is 35.1 Å². The van der Waals surface area contributed by atoms with Gasteiger partial charge in [-0.2, -0.15) is 0 Å². The lowest BCUT2D eigenvalue weighted by Gasteiger charge is -2.13. The Balaban J connectivity index is 1.51. The van der Waals surface area contributed by atoms with Gasteiger partial charge < -0.3 is 15.2 Å². The normalized spacial score (nSPS) is 10.9. The van der Waals surface area contributed by atoms with Crippen LogP contribution in [0, 0.1) is 6.92 Å². The van der Waals surface area contributed by atoms with Crippen LogP contribution in [-0.2, 0) is 17.9 Å². The second kappa shape index (κ2) is 10.0. The minimum atomic E-state index is -1.26. The standard InChI is InChI=1S/C24H21N3O4S2/c1-15-2-4-16(5-3-15)12-25-20(28)14-33-24-26-19-10-11-32-21(19)22(29)27(24)13-17-6-8-18(9-7-17)23(30)31/h2-11H,12-14H2,1H3,(H,25,28)(H,30,31)/p-1. The Hall–Kier alpha value is -3.43. The molecule has 4 rings (SSSR count). The van der Waals surface area contributed by atoms with Crippen molar-refractivity contribution < 1.29 is 14.7 Å². The quantitative estimate of drug-likeness (QED) is 0.308. The molecule has 7 nitrogen and oxygen atoms in total. The number of rotatable bonds is 8. The summed E-state index contributed by atoms with van der Waals surface area (Å²) in [6.07, 6.45) is 0. The molecule has 0 spiro atoms. The van der Waals surface area contributed by atoms with Crippen LogP contribution in [0.1, 0.15) is 27.0 Å². The Labute approximate surface area is 198 Å². The third-order valence-corrected chi connectivity index (χ3v) is 6.87. The zero-order chi connectivity index (χ0) is 23.4. The van der Waals surface area contributed by atoms with Gasteiger partial charge in [-0.15, -0.1) is 11.3 Å². The zero-order valence-corrected chi connectivity index (χ0v) is 19.4. The van der Waals surface area contributed by atoms with E-state index in [1.54, 1.807) is 23.6 Å². The molecular weight excluding hydrogens is 458 g/mol. The van der Waals surface area contributed by atoms with Crippen molar-refractivity contribution in [2.24, 2.45) is 0 Å². The van der Waals surface area contributed by atoms with Gasteiger partial charge in [-0.1, -0.05) is 65.9 Å². The summed E-state index contributed by atoms with van der Waals surface area (Å²) in [5, 5.41) is 16.1. The van der Waals surface area contributed by atoms with E-state index in [0.29, 0.717) is 21.9 Å². The molecule has 0 aliphatic carbocycles. The number of amides is 1. The second-order valence-electron chi connectivity index (χ2n) is 7.46. The number of carbonyl (C=O) groups excluding carboxylic acids is 2. The van der Waals surface area contributed by atoms with Gasteiger partial charge in [-0.3, -0.25) is 14.2 Å². The second-order valence-corrected chi connectivity index (χ2v) is 9.31. The number of carboxylic acids is 1. The molecule has 9 heteroatoms. The summed E-state index contributed by atoms with van der Waals surface area (Å²) in [7, 11) is 0. The number of thiophene rings is 1. The molecular formula is C24H20N3O4S2-. The van der Waals surface area contributed by atoms with Gasteiger partial charge in [0, 0.05) is 6.54 Å². The predicted molar refractivity (Wildman–Crippen MR) is 128 cm³/mol. The highest BCUT2D eigenvalue weighted by molar-refractivity contribution is 7.99. The number of benzene rings is 2. The molecule has 0 aliphatic rings. The topological polar surface area (TPSA) is 104 Å². The monoisotopic (exact) mass is 478 g/mol. The first kappa shape index (κ1) is 22.8. The molecule has 0 unspecified atom stereocenters. The Bertz CT molecular complexity index is 1360. The van der Waals surface area contributed by atoms with Gasteiger partial charge >= 0.3 is 0 Å². The Kier molecular flexibility index (Phi) is 6.90. The molecule has 0 atom stereocenters. The van der Waals surface area contributed by atoms with E-state index in [2.05, 4.69) is 10.3 Å². The number of nitrogens with one attached hydrogen (secondary N) is 1. The van der Waals surface area contributed by atoms with Crippen molar-refractivity contribution in [1.82, 2.24) is 14.9 Å². The largest absolute Gasteiger partial charge is 0.545 e. The molecule has 168 valence electrons. The maximum atomic E-state index is 13.1. The van der Waals surface area contributed by atoms with Gasteiger partial charge in [0.15, 0.2) is 5.16 Å². The van der Waals surface area contributed by atoms with E-state index in [1.807, 2.05) is 31.2 Å². The first-order chi connectivity index (χ1) is 15.9. The maximum Gasteiger partial charge on any atom is 0.272 e. The fraction of sp³-hybridized carbons (Fsp3) is 0.167. The summed E-state index contributed by atoms with van der Waals surface area (Å²) in [5.41, 5.74) is 3.37. The van der Waals surface area contributed by atoms with Crippen molar-refractivity contribution in [1.29, 1.82) is 0 Å². The van der Waals surface area contributed by atoms with Gasteiger partial charge in [0.2, 0.25) is 5.91 Å². The molecule has 0 fully saturated rings. The van der Waals surface area contributed by atoms with Gasteiger partial charge in [0.05, 0.1) is 23.8 Å². The van der Waals surface area contributed by atoms with Crippen LogP contribution in [0.3, 0.4) is 0 Å². The number of nitrogens with zero attached hydrogens (tertiary/aromatic N) is 2. The molecule has 0 bridgehead atoms. The summed E-state index contributed by atoms with van der Waals surface area (Å²) in [6.45, 7) is 2.64. The van der Waals surface area contributed by atoms with E-state index in [9.17, 15) is 19.5 Å².